The van der Waals surface area contributed by atoms with E-state index in [9.17, 15) is 13.2 Å². The normalized spacial score (nSPS) is 19.8. The molecule has 1 aromatic heterocycles. The molecule has 22 heavy (non-hydrogen) atoms. The maximum Gasteiger partial charge on any atom is 0.401 e. The summed E-state index contributed by atoms with van der Waals surface area (Å²) in [4.78, 5) is 5.64. The zero-order valence-corrected chi connectivity index (χ0v) is 12.9. The highest BCUT2D eigenvalue weighted by molar-refractivity contribution is 5.25. The molecular weight excluding hydrogens is 295 g/mol. The average molecular weight is 317 g/mol. The van der Waals surface area contributed by atoms with Crippen molar-refractivity contribution in [3.63, 3.8) is 0 Å². The van der Waals surface area contributed by atoms with E-state index in [0.717, 1.165) is 12.0 Å². The molecule has 1 fully saturated rings. The van der Waals surface area contributed by atoms with E-state index in [4.69, 9.17) is 4.74 Å². The minimum absolute atomic E-state index is 0.0300. The van der Waals surface area contributed by atoms with Gasteiger partial charge in [0.25, 0.3) is 0 Å². The molecular formula is C15H22F3N3O. The van der Waals surface area contributed by atoms with E-state index in [2.05, 4.69) is 10.3 Å². The van der Waals surface area contributed by atoms with Crippen molar-refractivity contribution in [3.8, 4) is 5.88 Å². The molecule has 7 heteroatoms. The lowest BCUT2D eigenvalue weighted by Gasteiger charge is -2.19. The standard InChI is InChI=1S/C15H22F3N3O/c1-11(2)22-14-12(4-3-6-19-14)8-20-13-5-7-21(9-13)10-15(16,17)18/h3-4,6,11,13,20H,5,7-10H2,1-2H3/t13-/m1/s1. The van der Waals surface area contributed by atoms with Crippen molar-refractivity contribution < 1.29 is 17.9 Å². The van der Waals surface area contributed by atoms with Gasteiger partial charge in [-0.3, -0.25) is 4.90 Å². The Morgan fingerprint density at radius 3 is 2.91 bits per heavy atom. The molecule has 1 aliphatic rings. The molecule has 2 rings (SSSR count). The summed E-state index contributed by atoms with van der Waals surface area (Å²) in [6, 6.07) is 3.81. The van der Waals surface area contributed by atoms with E-state index < -0.39 is 12.7 Å². The molecule has 124 valence electrons. The summed E-state index contributed by atoms with van der Waals surface area (Å²) in [7, 11) is 0. The highest BCUT2D eigenvalue weighted by Crippen LogP contribution is 2.21. The summed E-state index contributed by atoms with van der Waals surface area (Å²) in [5.41, 5.74) is 0.922. The van der Waals surface area contributed by atoms with E-state index in [1.165, 1.54) is 4.90 Å². The van der Waals surface area contributed by atoms with Gasteiger partial charge in [-0.1, -0.05) is 6.07 Å². The van der Waals surface area contributed by atoms with Crippen molar-refractivity contribution in [2.75, 3.05) is 19.6 Å². The molecule has 0 spiro atoms. The van der Waals surface area contributed by atoms with Crippen LogP contribution >= 0.6 is 0 Å². The van der Waals surface area contributed by atoms with Gasteiger partial charge < -0.3 is 10.1 Å². The lowest BCUT2D eigenvalue weighted by molar-refractivity contribution is -0.143. The number of nitrogens with zero attached hydrogens (tertiary/aromatic N) is 2. The third kappa shape index (κ3) is 5.46. The minimum Gasteiger partial charge on any atom is -0.475 e. The fraction of sp³-hybridized carbons (Fsp3) is 0.667. The number of ether oxygens (including phenoxy) is 1. The quantitative estimate of drug-likeness (QED) is 0.875. The number of aromatic nitrogens is 1. The van der Waals surface area contributed by atoms with Gasteiger partial charge in [-0.2, -0.15) is 13.2 Å². The first-order chi connectivity index (χ1) is 10.3. The first kappa shape index (κ1) is 17.0. The van der Waals surface area contributed by atoms with E-state index in [0.29, 0.717) is 25.5 Å². The third-order valence-corrected chi connectivity index (χ3v) is 3.45. The average Bonchev–Trinajstić information content (AvgIpc) is 2.82. The van der Waals surface area contributed by atoms with Crippen molar-refractivity contribution in [1.29, 1.82) is 0 Å². The van der Waals surface area contributed by atoms with Gasteiger partial charge >= 0.3 is 6.18 Å². The number of rotatable bonds is 6. The summed E-state index contributed by atoms with van der Waals surface area (Å²) in [6.45, 7) is 4.45. The van der Waals surface area contributed by atoms with Crippen molar-refractivity contribution in [1.82, 2.24) is 15.2 Å². The summed E-state index contributed by atoms with van der Waals surface area (Å²) in [5.74, 6) is 0.579. The Kier molecular flexibility index (Phi) is 5.63. The van der Waals surface area contributed by atoms with Gasteiger partial charge in [0.1, 0.15) is 0 Å². The van der Waals surface area contributed by atoms with E-state index >= 15 is 0 Å². The van der Waals surface area contributed by atoms with Gasteiger partial charge in [-0.25, -0.2) is 4.98 Å². The Hall–Kier alpha value is -1.34. The van der Waals surface area contributed by atoms with Gasteiger partial charge in [-0.15, -0.1) is 0 Å². The highest BCUT2D eigenvalue weighted by Gasteiger charge is 2.34. The Morgan fingerprint density at radius 1 is 1.45 bits per heavy atom. The number of hydrogen-bond donors (Lipinski definition) is 1. The molecule has 1 aromatic rings. The number of pyridine rings is 1. The maximum absolute atomic E-state index is 12.4. The van der Waals surface area contributed by atoms with E-state index in [1.807, 2.05) is 26.0 Å². The minimum atomic E-state index is -4.13. The number of hydrogen-bond acceptors (Lipinski definition) is 4. The zero-order chi connectivity index (χ0) is 16.2. The largest absolute Gasteiger partial charge is 0.475 e. The second-order valence-corrected chi connectivity index (χ2v) is 5.85. The molecule has 0 unspecified atom stereocenters. The van der Waals surface area contributed by atoms with Crippen LogP contribution in [0, 0.1) is 0 Å². The summed E-state index contributed by atoms with van der Waals surface area (Å²) in [6.07, 6.45) is -1.71. The van der Waals surface area contributed by atoms with Crippen LogP contribution in [0.2, 0.25) is 0 Å². The molecule has 0 aliphatic carbocycles. The first-order valence-electron chi connectivity index (χ1n) is 7.46. The van der Waals surface area contributed by atoms with Crippen molar-refractivity contribution in [2.24, 2.45) is 0 Å². The Bertz CT molecular complexity index is 479. The second-order valence-electron chi connectivity index (χ2n) is 5.85. The molecule has 0 radical (unpaired) electrons. The first-order valence-corrected chi connectivity index (χ1v) is 7.46. The molecule has 1 atom stereocenters. The number of halogens is 3. The molecule has 1 N–H and O–H groups in total. The van der Waals surface area contributed by atoms with Crippen LogP contribution in [0.3, 0.4) is 0 Å². The van der Waals surface area contributed by atoms with Crippen LogP contribution in [-0.2, 0) is 6.54 Å². The maximum atomic E-state index is 12.4. The highest BCUT2D eigenvalue weighted by atomic mass is 19.4. The smallest absolute Gasteiger partial charge is 0.401 e. The van der Waals surface area contributed by atoms with Crippen molar-refractivity contribution in [3.05, 3.63) is 23.9 Å². The lowest BCUT2D eigenvalue weighted by atomic mass is 10.2. The summed E-state index contributed by atoms with van der Waals surface area (Å²) < 4.78 is 42.8. The Morgan fingerprint density at radius 2 is 2.23 bits per heavy atom. The Balaban J connectivity index is 1.84. The fourth-order valence-corrected chi connectivity index (χ4v) is 2.54. The summed E-state index contributed by atoms with van der Waals surface area (Å²) >= 11 is 0. The molecule has 1 saturated heterocycles. The van der Waals surface area contributed by atoms with Gasteiger partial charge in [0.15, 0.2) is 0 Å². The monoisotopic (exact) mass is 317 g/mol. The second kappa shape index (κ2) is 7.28. The predicted octanol–water partition coefficient (Wildman–Crippen LogP) is 2.60. The van der Waals surface area contributed by atoms with Crippen LogP contribution in [-0.4, -0.2) is 47.8 Å². The van der Waals surface area contributed by atoms with Crippen molar-refractivity contribution >= 4 is 0 Å². The van der Waals surface area contributed by atoms with Crippen LogP contribution < -0.4 is 10.1 Å². The number of likely N-dealkylation sites (tertiary alicyclic amines) is 1. The van der Waals surface area contributed by atoms with Crippen LogP contribution in [0.1, 0.15) is 25.8 Å². The van der Waals surface area contributed by atoms with Gasteiger partial charge in [0.05, 0.1) is 12.6 Å². The van der Waals surface area contributed by atoms with E-state index in [1.54, 1.807) is 6.20 Å². The van der Waals surface area contributed by atoms with Crippen LogP contribution in [0.4, 0.5) is 13.2 Å². The third-order valence-electron chi connectivity index (χ3n) is 3.45. The van der Waals surface area contributed by atoms with E-state index in [-0.39, 0.29) is 12.1 Å². The van der Waals surface area contributed by atoms with Gasteiger partial charge in [0.2, 0.25) is 5.88 Å². The SMILES string of the molecule is CC(C)Oc1ncccc1CN[C@@H]1CCN(CC(F)(F)F)C1. The van der Waals surface area contributed by atoms with Crippen LogP contribution in [0.5, 0.6) is 5.88 Å². The van der Waals surface area contributed by atoms with Gasteiger partial charge in [-0.05, 0) is 26.3 Å². The number of alkyl halides is 3. The zero-order valence-electron chi connectivity index (χ0n) is 12.9. The molecule has 0 amide bonds. The molecule has 4 nitrogen and oxygen atoms in total. The van der Waals surface area contributed by atoms with Gasteiger partial charge in [0, 0.05) is 37.4 Å². The fourth-order valence-electron chi connectivity index (χ4n) is 2.54. The molecule has 0 bridgehead atoms. The van der Waals surface area contributed by atoms with Crippen molar-refractivity contribution in [2.45, 2.75) is 45.1 Å². The van der Waals surface area contributed by atoms with Crippen LogP contribution in [0.25, 0.3) is 0 Å². The molecule has 0 saturated carbocycles. The topological polar surface area (TPSA) is 37.4 Å². The Labute approximate surface area is 128 Å². The molecule has 0 aromatic carbocycles. The summed E-state index contributed by atoms with van der Waals surface area (Å²) in [5, 5.41) is 3.30. The number of nitrogens with one attached hydrogen (secondary N) is 1. The lowest BCUT2D eigenvalue weighted by Crippen LogP contribution is -2.36. The predicted molar refractivity (Wildman–Crippen MR) is 77.7 cm³/mol. The molecule has 2 heterocycles. The molecule has 1 aliphatic heterocycles. The van der Waals surface area contributed by atoms with Crippen LogP contribution in [0.15, 0.2) is 18.3 Å².